The van der Waals surface area contributed by atoms with Crippen LogP contribution in [0.5, 0.6) is 0 Å². The summed E-state index contributed by atoms with van der Waals surface area (Å²) in [5, 5.41) is 20.6. The summed E-state index contributed by atoms with van der Waals surface area (Å²) in [7, 11) is 0. The van der Waals surface area contributed by atoms with Crippen molar-refractivity contribution in [3.05, 3.63) is 3.92 Å². The van der Waals surface area contributed by atoms with E-state index in [9.17, 15) is 0 Å². The van der Waals surface area contributed by atoms with Gasteiger partial charge in [0.15, 0.2) is 3.92 Å². The molecule has 0 aliphatic heterocycles. The van der Waals surface area contributed by atoms with Crippen molar-refractivity contribution in [3.63, 3.8) is 0 Å². The van der Waals surface area contributed by atoms with E-state index in [0.717, 1.165) is 28.4 Å². The van der Waals surface area contributed by atoms with Crippen LogP contribution < -0.4 is 5.32 Å². The zero-order chi connectivity index (χ0) is 10.4. The smallest absolute Gasteiger partial charge is 0.206 e. The topological polar surface area (TPSA) is 58.0 Å². The summed E-state index contributed by atoms with van der Waals surface area (Å²) >= 11 is 4.73. The number of aliphatic hydroxyl groups excluding tert-OH is 1. The third-order valence-electron chi connectivity index (χ3n) is 1.86. The van der Waals surface area contributed by atoms with Crippen LogP contribution in [-0.4, -0.2) is 28.5 Å². The summed E-state index contributed by atoms with van der Waals surface area (Å²) in [6.07, 6.45) is 2.07. The molecule has 0 aliphatic rings. The molecular weight excluding hydrogens is 266 g/mol. The third kappa shape index (κ3) is 4.34. The van der Waals surface area contributed by atoms with E-state index in [1.807, 2.05) is 6.92 Å². The van der Waals surface area contributed by atoms with E-state index in [1.165, 1.54) is 11.3 Å². The van der Waals surface area contributed by atoms with Crippen molar-refractivity contribution < 1.29 is 5.11 Å². The number of nitrogens with one attached hydrogen (secondary N) is 1. The molecule has 0 aliphatic carbocycles. The molecule has 0 saturated carbocycles. The van der Waals surface area contributed by atoms with Gasteiger partial charge in [-0.15, -0.1) is 10.2 Å². The molecule has 0 bridgehead atoms. The molecule has 6 heteroatoms. The molecule has 4 nitrogen and oxygen atoms in total. The molecule has 14 heavy (non-hydrogen) atoms. The quantitative estimate of drug-likeness (QED) is 0.784. The van der Waals surface area contributed by atoms with Crippen LogP contribution in [0.1, 0.15) is 19.8 Å². The van der Waals surface area contributed by atoms with Gasteiger partial charge in [-0.3, -0.25) is 0 Å². The Hall–Kier alpha value is -0.200. The first-order chi connectivity index (χ1) is 6.72. The normalized spacial score (nSPS) is 12.8. The fourth-order valence-corrected chi connectivity index (χ4v) is 2.05. The zero-order valence-corrected chi connectivity index (χ0v) is 10.4. The molecule has 0 fully saturated rings. The van der Waals surface area contributed by atoms with Gasteiger partial charge in [-0.1, -0.05) is 18.3 Å². The number of hydrogen-bond acceptors (Lipinski definition) is 5. The van der Waals surface area contributed by atoms with Gasteiger partial charge in [0.2, 0.25) is 5.13 Å². The third-order valence-corrected chi connectivity index (χ3v) is 3.18. The molecule has 0 aromatic carbocycles. The van der Waals surface area contributed by atoms with Crippen LogP contribution >= 0.6 is 27.3 Å². The summed E-state index contributed by atoms with van der Waals surface area (Å²) < 4.78 is 0.795. The van der Waals surface area contributed by atoms with Crippen LogP contribution in [0.3, 0.4) is 0 Å². The maximum atomic E-state index is 8.81. The SMILES string of the molecule is CC(CO)CCCNc1nnc(Br)s1. The van der Waals surface area contributed by atoms with Crippen molar-refractivity contribution in [1.29, 1.82) is 0 Å². The lowest BCUT2D eigenvalue weighted by Crippen LogP contribution is -2.06. The number of anilines is 1. The molecule has 2 N–H and O–H groups in total. The number of rotatable bonds is 6. The van der Waals surface area contributed by atoms with Crippen LogP contribution in [0, 0.1) is 5.92 Å². The van der Waals surface area contributed by atoms with E-state index in [2.05, 4.69) is 31.4 Å². The lowest BCUT2D eigenvalue weighted by molar-refractivity contribution is 0.229. The molecule has 1 aromatic heterocycles. The van der Waals surface area contributed by atoms with Gasteiger partial charge in [0.1, 0.15) is 0 Å². The molecule has 0 saturated heterocycles. The monoisotopic (exact) mass is 279 g/mol. The van der Waals surface area contributed by atoms with Gasteiger partial charge in [0.25, 0.3) is 0 Å². The van der Waals surface area contributed by atoms with Gasteiger partial charge in [-0.25, -0.2) is 0 Å². The Morgan fingerprint density at radius 1 is 1.57 bits per heavy atom. The van der Waals surface area contributed by atoms with Gasteiger partial charge in [0.05, 0.1) is 0 Å². The predicted molar refractivity (Wildman–Crippen MR) is 61.6 cm³/mol. The first-order valence-corrected chi connectivity index (χ1v) is 6.17. The lowest BCUT2D eigenvalue weighted by Gasteiger charge is -2.06. The number of halogens is 1. The second-order valence-corrected chi connectivity index (χ2v) is 5.47. The highest BCUT2D eigenvalue weighted by molar-refractivity contribution is 9.11. The first kappa shape index (κ1) is 11.9. The standard InChI is InChI=1S/C8H14BrN3OS/c1-6(5-13)3-2-4-10-8-12-11-7(9)14-8/h6,13H,2-5H2,1H3,(H,10,12). The minimum atomic E-state index is 0.268. The van der Waals surface area contributed by atoms with Gasteiger partial charge in [0, 0.05) is 13.2 Å². The van der Waals surface area contributed by atoms with Gasteiger partial charge in [-0.05, 0) is 34.7 Å². The van der Waals surface area contributed by atoms with Crippen LogP contribution in [0.4, 0.5) is 5.13 Å². The molecule has 80 valence electrons. The van der Waals surface area contributed by atoms with Crippen molar-refractivity contribution >= 4 is 32.4 Å². The number of aliphatic hydroxyl groups is 1. The highest BCUT2D eigenvalue weighted by Crippen LogP contribution is 2.19. The van der Waals surface area contributed by atoms with E-state index in [4.69, 9.17) is 5.11 Å². The average Bonchev–Trinajstić information content (AvgIpc) is 2.58. The molecular formula is C8H14BrN3OS. The maximum Gasteiger partial charge on any atom is 0.206 e. The number of hydrogen-bond donors (Lipinski definition) is 2. The fourth-order valence-electron chi connectivity index (χ4n) is 1.01. The molecule has 0 spiro atoms. The average molecular weight is 280 g/mol. The highest BCUT2D eigenvalue weighted by atomic mass is 79.9. The molecule has 1 aromatic rings. The fraction of sp³-hybridized carbons (Fsp3) is 0.750. The summed E-state index contributed by atoms with van der Waals surface area (Å²) in [4.78, 5) is 0. The summed E-state index contributed by atoms with van der Waals surface area (Å²) in [5.41, 5.74) is 0. The van der Waals surface area contributed by atoms with Crippen LogP contribution in [0.2, 0.25) is 0 Å². The summed E-state index contributed by atoms with van der Waals surface area (Å²) in [6.45, 7) is 3.19. The Labute approximate surface area is 95.9 Å². The number of aromatic nitrogens is 2. The van der Waals surface area contributed by atoms with Crippen LogP contribution in [-0.2, 0) is 0 Å². The first-order valence-electron chi connectivity index (χ1n) is 4.56. The Bertz CT molecular complexity index is 269. The van der Waals surface area contributed by atoms with Crippen molar-refractivity contribution in [1.82, 2.24) is 10.2 Å². The van der Waals surface area contributed by atoms with Gasteiger partial charge in [-0.2, -0.15) is 0 Å². The van der Waals surface area contributed by atoms with E-state index in [1.54, 1.807) is 0 Å². The second kappa shape index (κ2) is 6.31. The summed E-state index contributed by atoms with van der Waals surface area (Å²) in [5.74, 6) is 0.387. The molecule has 0 amide bonds. The van der Waals surface area contributed by atoms with E-state index in [-0.39, 0.29) is 6.61 Å². The Balaban J connectivity index is 2.10. The van der Waals surface area contributed by atoms with Crippen LogP contribution in [0.25, 0.3) is 0 Å². The molecule has 1 heterocycles. The Morgan fingerprint density at radius 3 is 2.93 bits per heavy atom. The summed E-state index contributed by atoms with van der Waals surface area (Å²) in [6, 6.07) is 0. The minimum absolute atomic E-state index is 0.268. The minimum Gasteiger partial charge on any atom is -0.396 e. The molecule has 0 radical (unpaired) electrons. The van der Waals surface area contributed by atoms with E-state index < -0.39 is 0 Å². The predicted octanol–water partition coefficient (Wildman–Crippen LogP) is 2.12. The Morgan fingerprint density at radius 2 is 2.36 bits per heavy atom. The van der Waals surface area contributed by atoms with E-state index >= 15 is 0 Å². The van der Waals surface area contributed by atoms with Crippen molar-refractivity contribution in [2.75, 3.05) is 18.5 Å². The Kier molecular flexibility index (Phi) is 5.36. The van der Waals surface area contributed by atoms with Gasteiger partial charge < -0.3 is 10.4 Å². The van der Waals surface area contributed by atoms with E-state index in [0.29, 0.717) is 5.92 Å². The van der Waals surface area contributed by atoms with Gasteiger partial charge >= 0.3 is 0 Å². The maximum absolute atomic E-state index is 8.81. The van der Waals surface area contributed by atoms with Crippen LogP contribution in [0.15, 0.2) is 3.92 Å². The number of nitrogens with zero attached hydrogens (tertiary/aromatic N) is 2. The van der Waals surface area contributed by atoms with Crippen molar-refractivity contribution in [2.24, 2.45) is 5.92 Å². The largest absolute Gasteiger partial charge is 0.396 e. The molecule has 1 atom stereocenters. The lowest BCUT2D eigenvalue weighted by atomic mass is 10.1. The molecule has 1 unspecified atom stereocenters. The molecule has 1 rings (SSSR count). The van der Waals surface area contributed by atoms with Crippen molar-refractivity contribution in [2.45, 2.75) is 19.8 Å². The zero-order valence-electron chi connectivity index (χ0n) is 8.03. The highest BCUT2D eigenvalue weighted by Gasteiger charge is 2.01. The van der Waals surface area contributed by atoms with Crippen molar-refractivity contribution in [3.8, 4) is 0 Å². The second-order valence-electron chi connectivity index (χ2n) is 3.22.